The number of fused-ring (bicyclic) bond motifs is 1. The van der Waals surface area contributed by atoms with Gasteiger partial charge in [-0.3, -0.25) is 4.79 Å². The number of aryl methyl sites for hydroxylation is 3. The summed E-state index contributed by atoms with van der Waals surface area (Å²) in [5.41, 5.74) is 8.41. The molecule has 1 fully saturated rings. The Kier molecular flexibility index (Phi) is 4.01. The van der Waals surface area contributed by atoms with Gasteiger partial charge in [0.05, 0.1) is 6.54 Å². The van der Waals surface area contributed by atoms with Gasteiger partial charge in [-0.15, -0.1) is 0 Å². The average Bonchev–Trinajstić information content (AvgIpc) is 2.79. The molecule has 116 valence electrons. The van der Waals surface area contributed by atoms with E-state index >= 15 is 0 Å². The fourth-order valence-corrected chi connectivity index (χ4v) is 3.46. The number of anilines is 1. The average molecular weight is 297 g/mol. The molecule has 0 unspecified atom stereocenters. The molecule has 2 aliphatic rings. The second-order valence-corrected chi connectivity index (χ2v) is 6.40. The minimum Gasteiger partial charge on any atom is -0.376 e. The fraction of sp³-hybridized carbons (Fsp3) is 0.444. The molecule has 0 aliphatic heterocycles. The number of hydrogen-bond donors (Lipinski definition) is 2. The van der Waals surface area contributed by atoms with Crippen molar-refractivity contribution in [2.75, 3.05) is 11.9 Å². The van der Waals surface area contributed by atoms with Crippen molar-refractivity contribution in [2.24, 2.45) is 16.9 Å². The molecule has 0 heterocycles. The van der Waals surface area contributed by atoms with Crippen LogP contribution in [0.3, 0.4) is 0 Å². The lowest BCUT2D eigenvalue weighted by Gasteiger charge is -2.31. The molecule has 22 heavy (non-hydrogen) atoms. The van der Waals surface area contributed by atoms with E-state index in [0.29, 0.717) is 11.8 Å². The van der Waals surface area contributed by atoms with Crippen LogP contribution in [0.1, 0.15) is 29.5 Å². The highest BCUT2D eigenvalue weighted by atomic mass is 16.2. The molecule has 0 radical (unpaired) electrons. The van der Waals surface area contributed by atoms with Crippen LogP contribution in [-0.4, -0.2) is 18.2 Å². The molecular formula is C18H23N3O. The molecule has 0 saturated heterocycles. The van der Waals surface area contributed by atoms with Crippen molar-refractivity contribution in [3.8, 4) is 0 Å². The lowest BCUT2D eigenvalue weighted by Crippen LogP contribution is -2.36. The number of rotatable bonds is 4. The van der Waals surface area contributed by atoms with Crippen LogP contribution in [0.25, 0.3) is 0 Å². The summed E-state index contributed by atoms with van der Waals surface area (Å²) in [5.74, 6) is 1.10. The zero-order valence-corrected chi connectivity index (χ0v) is 13.4. The summed E-state index contributed by atoms with van der Waals surface area (Å²) in [6, 6.07) is 4.24. The van der Waals surface area contributed by atoms with Gasteiger partial charge in [0.2, 0.25) is 0 Å². The Morgan fingerprint density at radius 1 is 1.27 bits per heavy atom. The quantitative estimate of drug-likeness (QED) is 0.663. The van der Waals surface area contributed by atoms with Gasteiger partial charge in [-0.1, -0.05) is 29.8 Å². The van der Waals surface area contributed by atoms with E-state index in [1.807, 2.05) is 0 Å². The van der Waals surface area contributed by atoms with Crippen molar-refractivity contribution >= 4 is 17.3 Å². The van der Waals surface area contributed by atoms with Gasteiger partial charge in [0.15, 0.2) is 0 Å². The highest BCUT2D eigenvalue weighted by molar-refractivity contribution is 5.95. The maximum Gasteiger partial charge on any atom is 0.259 e. The minimum absolute atomic E-state index is 0.0960. The van der Waals surface area contributed by atoms with Gasteiger partial charge in [-0.25, -0.2) is 5.43 Å². The van der Waals surface area contributed by atoms with Crippen LogP contribution in [0.2, 0.25) is 0 Å². The van der Waals surface area contributed by atoms with E-state index in [0.717, 1.165) is 35.4 Å². The number of nitrogens with zero attached hydrogens (tertiary/aromatic N) is 1. The standard InChI is InChI=1S/C18H23N3O/c1-11-7-12(2)18(13(3)8-11)19-10-17(22)21-20-16-9-14-5-4-6-15(14)16/h4-5,7-8,14-15,19H,6,9-10H2,1-3H3,(H,21,22)/b20-16-/t14-,15+/m1/s1. The Bertz CT molecular complexity index is 637. The Morgan fingerprint density at radius 2 is 2.00 bits per heavy atom. The summed E-state index contributed by atoms with van der Waals surface area (Å²) < 4.78 is 0. The molecule has 1 aromatic rings. The first kappa shape index (κ1) is 14.8. The van der Waals surface area contributed by atoms with Gasteiger partial charge in [0, 0.05) is 17.3 Å². The van der Waals surface area contributed by atoms with Crippen LogP contribution in [0, 0.1) is 32.6 Å². The zero-order chi connectivity index (χ0) is 15.7. The van der Waals surface area contributed by atoms with Crippen molar-refractivity contribution in [2.45, 2.75) is 33.6 Å². The molecule has 1 saturated carbocycles. The molecule has 0 aromatic heterocycles. The van der Waals surface area contributed by atoms with Crippen LogP contribution in [0.15, 0.2) is 29.4 Å². The molecule has 0 spiro atoms. The zero-order valence-electron chi connectivity index (χ0n) is 13.4. The van der Waals surface area contributed by atoms with Crippen molar-refractivity contribution in [3.05, 3.63) is 41.0 Å². The molecule has 2 aliphatic carbocycles. The molecule has 2 N–H and O–H groups in total. The number of nitrogens with one attached hydrogen (secondary N) is 2. The molecule has 1 aromatic carbocycles. The summed E-state index contributed by atoms with van der Waals surface area (Å²) in [4.78, 5) is 11.9. The number of benzene rings is 1. The van der Waals surface area contributed by atoms with E-state index in [1.54, 1.807) is 0 Å². The van der Waals surface area contributed by atoms with Crippen molar-refractivity contribution in [1.82, 2.24) is 5.43 Å². The number of hydrazone groups is 1. The van der Waals surface area contributed by atoms with Crippen LogP contribution < -0.4 is 10.7 Å². The molecule has 3 rings (SSSR count). The number of carbonyl (C=O) groups excluding carboxylic acids is 1. The van der Waals surface area contributed by atoms with E-state index in [1.165, 1.54) is 5.56 Å². The van der Waals surface area contributed by atoms with Gasteiger partial charge in [0.25, 0.3) is 5.91 Å². The van der Waals surface area contributed by atoms with Gasteiger partial charge < -0.3 is 5.32 Å². The van der Waals surface area contributed by atoms with Gasteiger partial charge in [0.1, 0.15) is 0 Å². The van der Waals surface area contributed by atoms with E-state index in [9.17, 15) is 4.79 Å². The van der Waals surface area contributed by atoms with E-state index in [4.69, 9.17) is 0 Å². The second-order valence-electron chi connectivity index (χ2n) is 6.40. The van der Waals surface area contributed by atoms with Crippen molar-refractivity contribution < 1.29 is 4.79 Å². The Hall–Kier alpha value is -2.10. The summed E-state index contributed by atoms with van der Waals surface area (Å²) in [6.07, 6.45) is 6.53. The maximum atomic E-state index is 11.9. The highest BCUT2D eigenvalue weighted by Crippen LogP contribution is 2.40. The summed E-state index contributed by atoms with van der Waals surface area (Å²) in [7, 11) is 0. The number of carbonyl (C=O) groups is 1. The lowest BCUT2D eigenvalue weighted by molar-refractivity contribution is -0.119. The van der Waals surface area contributed by atoms with Crippen LogP contribution in [-0.2, 0) is 4.79 Å². The SMILES string of the molecule is Cc1cc(C)c(NCC(=O)N/N=C2/C[C@H]3C=CC[C@H]23)c(C)c1. The van der Waals surface area contributed by atoms with Gasteiger partial charge >= 0.3 is 0 Å². The molecule has 4 nitrogen and oxygen atoms in total. The first-order valence-corrected chi connectivity index (χ1v) is 7.88. The topological polar surface area (TPSA) is 53.5 Å². The molecular weight excluding hydrogens is 274 g/mol. The highest BCUT2D eigenvalue weighted by Gasteiger charge is 2.37. The third kappa shape index (κ3) is 2.91. The third-order valence-electron chi connectivity index (χ3n) is 4.59. The second kappa shape index (κ2) is 5.95. The predicted molar refractivity (Wildman–Crippen MR) is 90.1 cm³/mol. The molecule has 2 atom stereocenters. The fourth-order valence-electron chi connectivity index (χ4n) is 3.46. The largest absolute Gasteiger partial charge is 0.376 e. The van der Waals surface area contributed by atoms with Crippen LogP contribution >= 0.6 is 0 Å². The van der Waals surface area contributed by atoms with E-state index in [-0.39, 0.29) is 12.5 Å². The van der Waals surface area contributed by atoms with Crippen molar-refractivity contribution in [3.63, 3.8) is 0 Å². The first-order chi connectivity index (χ1) is 10.5. The van der Waals surface area contributed by atoms with Gasteiger partial charge in [-0.2, -0.15) is 5.10 Å². The Balaban J connectivity index is 1.52. The van der Waals surface area contributed by atoms with E-state index in [2.05, 4.69) is 60.9 Å². The summed E-state index contributed by atoms with van der Waals surface area (Å²) in [5, 5.41) is 7.50. The number of allylic oxidation sites excluding steroid dienone is 2. The summed E-state index contributed by atoms with van der Waals surface area (Å²) >= 11 is 0. The summed E-state index contributed by atoms with van der Waals surface area (Å²) in [6.45, 7) is 6.44. The van der Waals surface area contributed by atoms with Crippen molar-refractivity contribution in [1.29, 1.82) is 0 Å². The molecule has 4 heteroatoms. The van der Waals surface area contributed by atoms with Crippen LogP contribution in [0.4, 0.5) is 5.69 Å². The normalized spacial score (nSPS) is 24.0. The number of hydrogen-bond acceptors (Lipinski definition) is 3. The van der Waals surface area contributed by atoms with E-state index < -0.39 is 0 Å². The minimum atomic E-state index is -0.0960. The Morgan fingerprint density at radius 3 is 2.68 bits per heavy atom. The first-order valence-electron chi connectivity index (χ1n) is 7.88. The maximum absolute atomic E-state index is 11.9. The molecule has 0 bridgehead atoms. The Labute approximate surface area is 131 Å². The monoisotopic (exact) mass is 297 g/mol. The molecule has 1 amide bonds. The van der Waals surface area contributed by atoms with Crippen LogP contribution in [0.5, 0.6) is 0 Å². The lowest BCUT2D eigenvalue weighted by atomic mass is 9.74. The predicted octanol–water partition coefficient (Wildman–Crippen LogP) is 3.09. The third-order valence-corrected chi connectivity index (χ3v) is 4.59. The van der Waals surface area contributed by atoms with Gasteiger partial charge in [-0.05, 0) is 50.7 Å². The number of amides is 1. The smallest absolute Gasteiger partial charge is 0.259 e.